The number of carbonyl (C=O) groups excluding carboxylic acids is 1. The molecule has 0 spiro atoms. The minimum atomic E-state index is -0.277. The first kappa shape index (κ1) is 20.4. The molecule has 3 rings (SSSR count). The number of nitrogens with one attached hydrogen (secondary N) is 1. The van der Waals surface area contributed by atoms with Crippen LogP contribution in [0.1, 0.15) is 21.5 Å². The van der Waals surface area contributed by atoms with Crippen molar-refractivity contribution in [3.05, 3.63) is 95.3 Å². The number of halogens is 1. The summed E-state index contributed by atoms with van der Waals surface area (Å²) >= 11 is 0. The Morgan fingerprint density at radius 3 is 2.03 bits per heavy atom. The summed E-state index contributed by atoms with van der Waals surface area (Å²) in [6, 6.07) is 21.0. The molecule has 1 atom stereocenters. The second kappa shape index (κ2) is 9.73. The van der Waals surface area contributed by atoms with Crippen LogP contribution in [-0.2, 0) is 12.8 Å². The maximum atomic E-state index is 13.3. The van der Waals surface area contributed by atoms with Gasteiger partial charge in [0.25, 0.3) is 5.91 Å². The highest BCUT2D eigenvalue weighted by atomic mass is 19.1. The first-order chi connectivity index (χ1) is 14.1. The Bertz CT molecular complexity index is 939. The van der Waals surface area contributed by atoms with Gasteiger partial charge in [0.15, 0.2) is 0 Å². The van der Waals surface area contributed by atoms with E-state index < -0.39 is 0 Å². The van der Waals surface area contributed by atoms with E-state index in [1.165, 1.54) is 12.1 Å². The van der Waals surface area contributed by atoms with Crippen LogP contribution in [0.5, 0.6) is 11.5 Å². The van der Waals surface area contributed by atoms with Crippen LogP contribution in [0.2, 0.25) is 0 Å². The Balaban J connectivity index is 1.78. The Morgan fingerprint density at radius 1 is 0.862 bits per heavy atom. The van der Waals surface area contributed by atoms with Crippen molar-refractivity contribution < 1.29 is 18.7 Å². The number of methoxy groups -OCH3 is 2. The lowest BCUT2D eigenvalue weighted by Gasteiger charge is -2.20. The first-order valence-electron chi connectivity index (χ1n) is 9.39. The first-order valence-corrected chi connectivity index (χ1v) is 9.39. The summed E-state index contributed by atoms with van der Waals surface area (Å²) in [4.78, 5) is 12.8. The largest absolute Gasteiger partial charge is 0.497 e. The molecule has 0 aliphatic rings. The summed E-state index contributed by atoms with van der Waals surface area (Å²) in [6.45, 7) is 0. The normalized spacial score (nSPS) is 11.6. The van der Waals surface area contributed by atoms with Gasteiger partial charge in [0, 0.05) is 11.6 Å². The second-order valence-corrected chi connectivity index (χ2v) is 6.79. The molecule has 1 amide bonds. The monoisotopic (exact) mass is 393 g/mol. The van der Waals surface area contributed by atoms with Gasteiger partial charge in [0.2, 0.25) is 0 Å². The lowest BCUT2D eigenvalue weighted by Crippen LogP contribution is -2.38. The summed E-state index contributed by atoms with van der Waals surface area (Å²) in [5, 5.41) is 3.11. The molecule has 0 aliphatic carbocycles. The fourth-order valence-electron chi connectivity index (χ4n) is 3.16. The molecule has 0 heterocycles. The highest BCUT2D eigenvalue weighted by Crippen LogP contribution is 2.17. The van der Waals surface area contributed by atoms with E-state index in [2.05, 4.69) is 5.32 Å². The molecule has 4 nitrogen and oxygen atoms in total. The number of benzene rings is 3. The molecule has 3 aromatic rings. The van der Waals surface area contributed by atoms with E-state index in [4.69, 9.17) is 9.47 Å². The third-order valence-electron chi connectivity index (χ3n) is 4.70. The quantitative estimate of drug-likeness (QED) is 0.616. The van der Waals surface area contributed by atoms with Gasteiger partial charge in [0.1, 0.15) is 17.3 Å². The SMILES string of the molecule is COc1ccc(CC(Cc2ccc(F)cc2)NC(=O)c2cccc(OC)c2)cc1. The third-order valence-corrected chi connectivity index (χ3v) is 4.70. The zero-order chi connectivity index (χ0) is 20.6. The Hall–Kier alpha value is -3.34. The average molecular weight is 393 g/mol. The molecule has 0 aliphatic heterocycles. The van der Waals surface area contributed by atoms with E-state index in [1.54, 1.807) is 50.6 Å². The molecule has 1 unspecified atom stereocenters. The topological polar surface area (TPSA) is 47.6 Å². The standard InChI is InChI=1S/C24H24FNO3/c1-28-22-12-8-18(9-13-22)15-21(14-17-6-10-20(25)11-7-17)26-24(27)19-4-3-5-23(16-19)29-2/h3-13,16,21H,14-15H2,1-2H3,(H,26,27). The molecule has 3 aromatic carbocycles. The van der Waals surface area contributed by atoms with Gasteiger partial charge in [-0.1, -0.05) is 30.3 Å². The van der Waals surface area contributed by atoms with Crippen molar-refractivity contribution in [2.24, 2.45) is 0 Å². The zero-order valence-corrected chi connectivity index (χ0v) is 16.5. The smallest absolute Gasteiger partial charge is 0.251 e. The molecule has 150 valence electrons. The van der Waals surface area contributed by atoms with Crippen molar-refractivity contribution in [3.63, 3.8) is 0 Å². The Morgan fingerprint density at radius 2 is 1.45 bits per heavy atom. The zero-order valence-electron chi connectivity index (χ0n) is 16.5. The van der Waals surface area contributed by atoms with E-state index in [1.807, 2.05) is 24.3 Å². The number of amides is 1. The lowest BCUT2D eigenvalue weighted by molar-refractivity contribution is 0.0936. The van der Waals surface area contributed by atoms with Crippen molar-refractivity contribution in [3.8, 4) is 11.5 Å². The molecule has 0 saturated carbocycles. The Kier molecular flexibility index (Phi) is 6.85. The van der Waals surface area contributed by atoms with Crippen LogP contribution >= 0.6 is 0 Å². The maximum absolute atomic E-state index is 13.3. The summed E-state index contributed by atoms with van der Waals surface area (Å²) < 4.78 is 23.7. The van der Waals surface area contributed by atoms with Crippen LogP contribution in [0.25, 0.3) is 0 Å². The minimum absolute atomic E-state index is 0.160. The number of carbonyl (C=O) groups is 1. The van der Waals surface area contributed by atoms with Crippen LogP contribution in [0, 0.1) is 5.82 Å². The molecule has 0 fully saturated rings. The van der Waals surface area contributed by atoms with Crippen molar-refractivity contribution in [1.29, 1.82) is 0 Å². The van der Waals surface area contributed by atoms with Gasteiger partial charge in [-0.05, 0) is 66.4 Å². The highest BCUT2D eigenvalue weighted by Gasteiger charge is 2.16. The van der Waals surface area contributed by atoms with Gasteiger partial charge >= 0.3 is 0 Å². The molecule has 1 N–H and O–H groups in total. The van der Waals surface area contributed by atoms with Gasteiger partial charge in [-0.15, -0.1) is 0 Å². The number of rotatable bonds is 8. The van der Waals surface area contributed by atoms with Crippen molar-refractivity contribution in [2.45, 2.75) is 18.9 Å². The predicted octanol–water partition coefficient (Wildman–Crippen LogP) is 4.43. The van der Waals surface area contributed by atoms with E-state index in [-0.39, 0.29) is 17.8 Å². The fourth-order valence-corrected chi connectivity index (χ4v) is 3.16. The van der Waals surface area contributed by atoms with E-state index in [0.29, 0.717) is 24.2 Å². The Labute approximate surface area is 170 Å². The molecule has 0 saturated heterocycles. The van der Waals surface area contributed by atoms with Crippen molar-refractivity contribution in [1.82, 2.24) is 5.32 Å². The summed E-state index contributed by atoms with van der Waals surface area (Å²) in [5.74, 6) is 0.956. The van der Waals surface area contributed by atoms with Gasteiger partial charge in [0.05, 0.1) is 14.2 Å². The molecule has 5 heteroatoms. The van der Waals surface area contributed by atoms with Gasteiger partial charge in [-0.3, -0.25) is 4.79 Å². The van der Waals surface area contributed by atoms with Crippen LogP contribution in [0.4, 0.5) is 4.39 Å². The molecule has 0 bridgehead atoms. The second-order valence-electron chi connectivity index (χ2n) is 6.79. The van der Waals surface area contributed by atoms with Crippen molar-refractivity contribution >= 4 is 5.91 Å². The number of hydrogen-bond acceptors (Lipinski definition) is 3. The average Bonchev–Trinajstić information content (AvgIpc) is 2.76. The van der Waals surface area contributed by atoms with Crippen molar-refractivity contribution in [2.75, 3.05) is 14.2 Å². The van der Waals surface area contributed by atoms with Crippen LogP contribution in [0.15, 0.2) is 72.8 Å². The molecular weight excluding hydrogens is 369 g/mol. The predicted molar refractivity (Wildman–Crippen MR) is 111 cm³/mol. The van der Waals surface area contributed by atoms with E-state index in [0.717, 1.165) is 16.9 Å². The molecular formula is C24H24FNO3. The van der Waals surface area contributed by atoms with Crippen LogP contribution in [0.3, 0.4) is 0 Å². The maximum Gasteiger partial charge on any atom is 0.251 e. The van der Waals surface area contributed by atoms with Crippen LogP contribution < -0.4 is 14.8 Å². The molecule has 29 heavy (non-hydrogen) atoms. The molecule has 0 aromatic heterocycles. The van der Waals surface area contributed by atoms with Gasteiger partial charge in [-0.2, -0.15) is 0 Å². The van der Waals surface area contributed by atoms with Gasteiger partial charge in [-0.25, -0.2) is 4.39 Å². The number of ether oxygens (including phenoxy) is 2. The summed E-state index contributed by atoms with van der Waals surface area (Å²) in [6.07, 6.45) is 1.22. The lowest BCUT2D eigenvalue weighted by atomic mass is 9.98. The minimum Gasteiger partial charge on any atom is -0.497 e. The van der Waals surface area contributed by atoms with E-state index in [9.17, 15) is 9.18 Å². The summed E-state index contributed by atoms with van der Waals surface area (Å²) in [5.41, 5.74) is 2.56. The summed E-state index contributed by atoms with van der Waals surface area (Å²) in [7, 11) is 3.19. The fraction of sp³-hybridized carbons (Fsp3) is 0.208. The molecule has 0 radical (unpaired) electrons. The van der Waals surface area contributed by atoms with Crippen LogP contribution in [-0.4, -0.2) is 26.2 Å². The van der Waals surface area contributed by atoms with Gasteiger partial charge < -0.3 is 14.8 Å². The number of hydrogen-bond donors (Lipinski definition) is 1. The van der Waals surface area contributed by atoms with E-state index >= 15 is 0 Å². The highest BCUT2D eigenvalue weighted by molar-refractivity contribution is 5.94. The third kappa shape index (κ3) is 5.82.